The third-order valence-electron chi connectivity index (χ3n) is 0.786. The van der Waals surface area contributed by atoms with Crippen LogP contribution in [0.5, 0.6) is 0 Å². The summed E-state index contributed by atoms with van der Waals surface area (Å²) in [4.78, 5) is 0. The predicted octanol–water partition coefficient (Wildman–Crippen LogP) is 1.30. The summed E-state index contributed by atoms with van der Waals surface area (Å²) in [5.74, 6) is 0. The Labute approximate surface area is 53.0 Å². The van der Waals surface area contributed by atoms with Crippen molar-refractivity contribution >= 4 is 7.82 Å². The van der Waals surface area contributed by atoms with Crippen molar-refractivity contribution < 1.29 is 18.1 Å². The van der Waals surface area contributed by atoms with Crippen LogP contribution in [0.2, 0.25) is 0 Å². The van der Waals surface area contributed by atoms with Gasteiger partial charge >= 0.3 is 7.82 Å². The first-order valence-corrected chi connectivity index (χ1v) is 3.91. The summed E-state index contributed by atoms with van der Waals surface area (Å²) in [6.07, 6.45) is 1.05. The molecule has 0 bridgehead atoms. The molecule has 1 aliphatic rings. The van der Waals surface area contributed by atoms with Gasteiger partial charge in [-0.25, -0.2) is 4.57 Å². The maximum atomic E-state index is 10.9. The summed E-state index contributed by atoms with van der Waals surface area (Å²) >= 11 is 0. The standard InChI is InChI=1S/C4H7O4P/c1-2-6-9(5)7-3-4-8-9/h2H,1,3-4H2. The van der Waals surface area contributed by atoms with Gasteiger partial charge in [0, 0.05) is 0 Å². The van der Waals surface area contributed by atoms with Crippen LogP contribution in [0.3, 0.4) is 0 Å². The van der Waals surface area contributed by atoms with Crippen LogP contribution >= 0.6 is 7.82 Å². The molecule has 0 unspecified atom stereocenters. The maximum absolute atomic E-state index is 10.9. The monoisotopic (exact) mass is 150 g/mol. The fourth-order valence-electron chi connectivity index (χ4n) is 0.488. The van der Waals surface area contributed by atoms with Crippen molar-refractivity contribution in [2.45, 2.75) is 0 Å². The first kappa shape index (κ1) is 6.81. The highest BCUT2D eigenvalue weighted by Crippen LogP contribution is 2.52. The molecule has 1 saturated heterocycles. The first-order valence-electron chi connectivity index (χ1n) is 2.45. The Morgan fingerprint density at radius 1 is 1.56 bits per heavy atom. The quantitative estimate of drug-likeness (QED) is 0.439. The molecule has 52 valence electrons. The van der Waals surface area contributed by atoms with E-state index in [9.17, 15) is 4.57 Å². The van der Waals surface area contributed by atoms with Gasteiger partial charge in [0.05, 0.1) is 19.5 Å². The Bertz CT molecular complexity index is 145. The number of hydrogen-bond acceptors (Lipinski definition) is 4. The van der Waals surface area contributed by atoms with Crippen molar-refractivity contribution in [3.05, 3.63) is 12.8 Å². The normalized spacial score (nSPS) is 23.6. The van der Waals surface area contributed by atoms with Gasteiger partial charge < -0.3 is 4.52 Å². The van der Waals surface area contributed by atoms with E-state index in [1.807, 2.05) is 0 Å². The molecule has 0 amide bonds. The zero-order valence-corrected chi connectivity index (χ0v) is 5.67. The van der Waals surface area contributed by atoms with E-state index in [2.05, 4.69) is 20.2 Å². The van der Waals surface area contributed by atoms with E-state index in [-0.39, 0.29) is 0 Å². The Hall–Kier alpha value is -0.310. The fraction of sp³-hybridized carbons (Fsp3) is 0.500. The lowest BCUT2D eigenvalue weighted by molar-refractivity contribution is 0.248. The second-order valence-corrected chi connectivity index (χ2v) is 3.01. The van der Waals surface area contributed by atoms with Crippen LogP contribution in [0.4, 0.5) is 0 Å². The molecule has 0 aromatic rings. The van der Waals surface area contributed by atoms with Gasteiger partial charge in [-0.3, -0.25) is 9.05 Å². The molecule has 0 spiro atoms. The van der Waals surface area contributed by atoms with E-state index in [0.717, 1.165) is 6.26 Å². The van der Waals surface area contributed by atoms with Crippen LogP contribution in [0.1, 0.15) is 0 Å². The second kappa shape index (κ2) is 2.52. The molecule has 0 saturated carbocycles. The number of rotatable bonds is 2. The lowest BCUT2D eigenvalue weighted by atomic mass is 10.8. The molecule has 4 nitrogen and oxygen atoms in total. The fourth-order valence-corrected chi connectivity index (χ4v) is 1.46. The highest BCUT2D eigenvalue weighted by Gasteiger charge is 2.31. The molecule has 0 aromatic carbocycles. The van der Waals surface area contributed by atoms with E-state index in [4.69, 9.17) is 0 Å². The van der Waals surface area contributed by atoms with E-state index in [1.165, 1.54) is 0 Å². The average molecular weight is 150 g/mol. The van der Waals surface area contributed by atoms with Crippen molar-refractivity contribution in [2.24, 2.45) is 0 Å². The SMILES string of the molecule is C=COP1(=O)OCCO1. The van der Waals surface area contributed by atoms with Crippen LogP contribution < -0.4 is 0 Å². The van der Waals surface area contributed by atoms with Crippen molar-refractivity contribution in [1.82, 2.24) is 0 Å². The summed E-state index contributed by atoms with van der Waals surface area (Å²) in [6, 6.07) is 0. The Balaban J connectivity index is 2.51. The zero-order chi connectivity index (χ0) is 6.74. The van der Waals surface area contributed by atoms with E-state index in [0.29, 0.717) is 13.2 Å². The van der Waals surface area contributed by atoms with Gasteiger partial charge in [0.25, 0.3) is 0 Å². The topological polar surface area (TPSA) is 44.8 Å². The van der Waals surface area contributed by atoms with Crippen LogP contribution in [0, 0.1) is 0 Å². The molecule has 0 atom stereocenters. The van der Waals surface area contributed by atoms with Crippen molar-refractivity contribution in [3.63, 3.8) is 0 Å². The summed E-state index contributed by atoms with van der Waals surface area (Å²) in [5, 5.41) is 0. The lowest BCUT2D eigenvalue weighted by Crippen LogP contribution is -1.80. The first-order chi connectivity index (χ1) is 4.27. The molecule has 0 aromatic heterocycles. The molecule has 1 heterocycles. The van der Waals surface area contributed by atoms with Crippen molar-refractivity contribution in [3.8, 4) is 0 Å². The Morgan fingerprint density at radius 2 is 2.11 bits per heavy atom. The highest BCUT2D eigenvalue weighted by molar-refractivity contribution is 7.48. The molecular formula is C4H7O4P. The molecule has 1 rings (SSSR count). The van der Waals surface area contributed by atoms with Gasteiger partial charge in [-0.1, -0.05) is 6.58 Å². The van der Waals surface area contributed by atoms with Crippen LogP contribution in [0.25, 0.3) is 0 Å². The minimum absolute atomic E-state index is 0.325. The smallest absolute Gasteiger partial charge is 0.413 e. The third-order valence-corrected chi connectivity index (χ3v) is 2.19. The molecule has 1 fully saturated rings. The van der Waals surface area contributed by atoms with E-state index < -0.39 is 7.82 Å². The molecule has 5 heteroatoms. The van der Waals surface area contributed by atoms with Gasteiger partial charge in [-0.05, 0) is 0 Å². The maximum Gasteiger partial charge on any atom is 0.529 e. The Morgan fingerprint density at radius 3 is 2.56 bits per heavy atom. The van der Waals surface area contributed by atoms with Crippen LogP contribution in [0.15, 0.2) is 12.8 Å². The van der Waals surface area contributed by atoms with Crippen LogP contribution in [-0.4, -0.2) is 13.2 Å². The minimum Gasteiger partial charge on any atom is -0.413 e. The van der Waals surface area contributed by atoms with Crippen molar-refractivity contribution in [1.29, 1.82) is 0 Å². The second-order valence-electron chi connectivity index (χ2n) is 1.39. The number of phosphoric ester groups is 1. The van der Waals surface area contributed by atoms with Gasteiger partial charge in [-0.15, -0.1) is 0 Å². The summed E-state index contributed by atoms with van der Waals surface area (Å²) in [6.45, 7) is 3.86. The molecule has 9 heavy (non-hydrogen) atoms. The summed E-state index contributed by atoms with van der Waals surface area (Å²) in [7, 11) is -3.19. The summed E-state index contributed by atoms with van der Waals surface area (Å²) < 4.78 is 24.6. The largest absolute Gasteiger partial charge is 0.529 e. The highest BCUT2D eigenvalue weighted by atomic mass is 31.2. The molecule has 0 aliphatic carbocycles. The zero-order valence-electron chi connectivity index (χ0n) is 4.78. The van der Waals surface area contributed by atoms with Gasteiger partial charge in [0.1, 0.15) is 0 Å². The van der Waals surface area contributed by atoms with Gasteiger partial charge in [0.15, 0.2) is 0 Å². The minimum atomic E-state index is -3.19. The molecule has 1 aliphatic heterocycles. The van der Waals surface area contributed by atoms with Gasteiger partial charge in [0.2, 0.25) is 0 Å². The molecular weight excluding hydrogens is 143 g/mol. The predicted molar refractivity (Wildman–Crippen MR) is 30.8 cm³/mol. The summed E-state index contributed by atoms with van der Waals surface area (Å²) in [5.41, 5.74) is 0. The van der Waals surface area contributed by atoms with Gasteiger partial charge in [-0.2, -0.15) is 0 Å². The Kier molecular flexibility index (Phi) is 1.90. The molecule has 0 radical (unpaired) electrons. The molecule has 0 N–H and O–H groups in total. The van der Waals surface area contributed by atoms with E-state index >= 15 is 0 Å². The van der Waals surface area contributed by atoms with Crippen LogP contribution in [-0.2, 0) is 18.1 Å². The van der Waals surface area contributed by atoms with E-state index in [1.54, 1.807) is 0 Å². The van der Waals surface area contributed by atoms with Crippen molar-refractivity contribution in [2.75, 3.05) is 13.2 Å². The third kappa shape index (κ3) is 1.55. The number of phosphoric acid groups is 1. The number of hydrogen-bond donors (Lipinski definition) is 0. The lowest BCUT2D eigenvalue weighted by Gasteiger charge is -2.04. The average Bonchev–Trinajstić information content (AvgIpc) is 2.16.